The van der Waals surface area contributed by atoms with Gasteiger partial charge in [-0.2, -0.15) is 4.31 Å². The van der Waals surface area contributed by atoms with Crippen LogP contribution in [0.3, 0.4) is 0 Å². The molecule has 0 fully saturated rings. The van der Waals surface area contributed by atoms with Crippen molar-refractivity contribution in [3.8, 4) is 0 Å². The highest BCUT2D eigenvalue weighted by Crippen LogP contribution is 2.33. The van der Waals surface area contributed by atoms with Crippen LogP contribution < -0.4 is 0 Å². The first-order chi connectivity index (χ1) is 7.75. The first-order valence-electron chi connectivity index (χ1n) is 5.42. The SMILES string of the molecule is CC(C)[C@@H](c1ccccc1Cl)N(C)S(C)(=O)=O. The van der Waals surface area contributed by atoms with Gasteiger partial charge < -0.3 is 0 Å². The summed E-state index contributed by atoms with van der Waals surface area (Å²) in [5.74, 6) is 0.148. The van der Waals surface area contributed by atoms with Gasteiger partial charge in [-0.15, -0.1) is 0 Å². The summed E-state index contributed by atoms with van der Waals surface area (Å²) in [5, 5.41) is 0.599. The van der Waals surface area contributed by atoms with Crippen molar-refractivity contribution in [2.75, 3.05) is 13.3 Å². The third-order valence-corrected chi connectivity index (χ3v) is 4.39. The Hall–Kier alpha value is -0.580. The molecule has 0 radical (unpaired) electrons. The van der Waals surface area contributed by atoms with Crippen LogP contribution in [-0.4, -0.2) is 26.0 Å². The Bertz CT molecular complexity index is 485. The first-order valence-corrected chi connectivity index (χ1v) is 7.65. The number of nitrogens with zero attached hydrogens (tertiary/aromatic N) is 1. The molecule has 96 valence electrons. The average molecular weight is 276 g/mol. The maximum Gasteiger partial charge on any atom is 0.211 e. The highest BCUT2D eigenvalue weighted by Gasteiger charge is 2.28. The third-order valence-electron chi connectivity index (χ3n) is 2.77. The van der Waals surface area contributed by atoms with Gasteiger partial charge in [0.15, 0.2) is 0 Å². The Morgan fingerprint density at radius 3 is 2.18 bits per heavy atom. The van der Waals surface area contributed by atoms with Gasteiger partial charge in [-0.3, -0.25) is 0 Å². The molecule has 1 rings (SSSR count). The predicted molar refractivity (Wildman–Crippen MR) is 71.6 cm³/mol. The van der Waals surface area contributed by atoms with Crippen molar-refractivity contribution in [2.45, 2.75) is 19.9 Å². The Morgan fingerprint density at radius 1 is 1.24 bits per heavy atom. The summed E-state index contributed by atoms with van der Waals surface area (Å²) >= 11 is 6.14. The van der Waals surface area contributed by atoms with Gasteiger partial charge in [-0.05, 0) is 17.5 Å². The fourth-order valence-electron chi connectivity index (χ4n) is 1.90. The molecule has 0 unspecified atom stereocenters. The Labute approximate surface area is 108 Å². The van der Waals surface area contributed by atoms with Crippen molar-refractivity contribution in [1.82, 2.24) is 4.31 Å². The third kappa shape index (κ3) is 3.44. The lowest BCUT2D eigenvalue weighted by atomic mass is 9.96. The lowest BCUT2D eigenvalue weighted by molar-refractivity contribution is 0.302. The summed E-state index contributed by atoms with van der Waals surface area (Å²) in [6, 6.07) is 7.12. The van der Waals surface area contributed by atoms with Crippen molar-refractivity contribution >= 4 is 21.6 Å². The molecule has 0 bridgehead atoms. The maximum atomic E-state index is 11.6. The topological polar surface area (TPSA) is 37.4 Å². The van der Waals surface area contributed by atoms with Gasteiger partial charge >= 0.3 is 0 Å². The fourth-order valence-corrected chi connectivity index (χ4v) is 2.91. The molecule has 1 atom stereocenters. The number of benzene rings is 1. The monoisotopic (exact) mass is 275 g/mol. The average Bonchev–Trinajstić information content (AvgIpc) is 2.19. The van der Waals surface area contributed by atoms with Gasteiger partial charge in [0.1, 0.15) is 0 Å². The van der Waals surface area contributed by atoms with Crippen LogP contribution in [0.15, 0.2) is 24.3 Å². The van der Waals surface area contributed by atoms with E-state index in [1.165, 1.54) is 10.6 Å². The van der Waals surface area contributed by atoms with E-state index < -0.39 is 10.0 Å². The van der Waals surface area contributed by atoms with Crippen LogP contribution in [0, 0.1) is 5.92 Å². The van der Waals surface area contributed by atoms with Gasteiger partial charge in [0.25, 0.3) is 0 Å². The van der Waals surface area contributed by atoms with E-state index >= 15 is 0 Å². The van der Waals surface area contributed by atoms with Crippen LogP contribution >= 0.6 is 11.6 Å². The number of rotatable bonds is 4. The Morgan fingerprint density at radius 2 is 1.76 bits per heavy atom. The van der Waals surface area contributed by atoms with E-state index in [2.05, 4.69) is 0 Å². The lowest BCUT2D eigenvalue weighted by Gasteiger charge is -2.30. The molecule has 1 aromatic rings. The molecular formula is C12H18ClNO2S. The highest BCUT2D eigenvalue weighted by atomic mass is 35.5. The van der Waals surface area contributed by atoms with Gasteiger partial charge in [0.05, 0.1) is 12.3 Å². The van der Waals surface area contributed by atoms with E-state index in [0.717, 1.165) is 5.56 Å². The molecule has 0 aliphatic carbocycles. The lowest BCUT2D eigenvalue weighted by Crippen LogP contribution is -2.33. The van der Waals surface area contributed by atoms with Gasteiger partial charge in [0, 0.05) is 12.1 Å². The summed E-state index contributed by atoms with van der Waals surface area (Å²) in [6.45, 7) is 3.96. The van der Waals surface area contributed by atoms with Crippen LogP contribution in [0.25, 0.3) is 0 Å². The minimum Gasteiger partial charge on any atom is -0.212 e. The van der Waals surface area contributed by atoms with E-state index in [-0.39, 0.29) is 12.0 Å². The molecule has 0 aliphatic heterocycles. The second-order valence-electron chi connectivity index (χ2n) is 4.49. The van der Waals surface area contributed by atoms with E-state index in [4.69, 9.17) is 11.6 Å². The summed E-state index contributed by atoms with van der Waals surface area (Å²) in [5.41, 5.74) is 0.845. The maximum absolute atomic E-state index is 11.6. The fraction of sp³-hybridized carbons (Fsp3) is 0.500. The van der Waals surface area contributed by atoms with E-state index in [1.54, 1.807) is 13.1 Å². The second kappa shape index (κ2) is 5.38. The van der Waals surface area contributed by atoms with E-state index in [0.29, 0.717) is 5.02 Å². The Kier molecular flexibility index (Phi) is 4.58. The molecular weight excluding hydrogens is 258 g/mol. The molecule has 0 spiro atoms. The standard InChI is InChI=1S/C12H18ClNO2S/c1-9(2)12(14(3)17(4,15)16)10-7-5-6-8-11(10)13/h5-9,12H,1-4H3/t12-/m0/s1. The molecule has 0 aliphatic rings. The molecule has 0 amide bonds. The zero-order valence-corrected chi connectivity index (χ0v) is 12.1. The minimum atomic E-state index is -3.24. The summed E-state index contributed by atoms with van der Waals surface area (Å²) in [6.07, 6.45) is 1.21. The van der Waals surface area contributed by atoms with Gasteiger partial charge in [-0.1, -0.05) is 43.6 Å². The molecule has 5 heteroatoms. The van der Waals surface area contributed by atoms with Crippen molar-refractivity contribution in [2.24, 2.45) is 5.92 Å². The first kappa shape index (κ1) is 14.5. The normalized spacial score (nSPS) is 14.3. The van der Waals surface area contributed by atoms with Gasteiger partial charge in [-0.25, -0.2) is 8.42 Å². The Balaban J connectivity index is 3.25. The zero-order valence-electron chi connectivity index (χ0n) is 10.5. The molecule has 0 heterocycles. The largest absolute Gasteiger partial charge is 0.212 e. The molecule has 0 aromatic heterocycles. The van der Waals surface area contributed by atoms with Crippen LogP contribution in [0.2, 0.25) is 5.02 Å². The van der Waals surface area contributed by atoms with Crippen molar-refractivity contribution in [3.63, 3.8) is 0 Å². The molecule has 1 aromatic carbocycles. The zero-order chi connectivity index (χ0) is 13.2. The van der Waals surface area contributed by atoms with E-state index in [9.17, 15) is 8.42 Å². The summed E-state index contributed by atoms with van der Waals surface area (Å²) < 4.78 is 24.7. The van der Waals surface area contributed by atoms with Crippen molar-refractivity contribution in [1.29, 1.82) is 0 Å². The number of sulfonamides is 1. The predicted octanol–water partition coefficient (Wildman–Crippen LogP) is 2.93. The summed E-state index contributed by atoms with van der Waals surface area (Å²) in [4.78, 5) is 0. The minimum absolute atomic E-state index is 0.148. The van der Waals surface area contributed by atoms with Crippen LogP contribution in [0.4, 0.5) is 0 Å². The number of hydrogen-bond acceptors (Lipinski definition) is 2. The second-order valence-corrected chi connectivity index (χ2v) is 6.94. The molecule has 0 N–H and O–H groups in total. The highest BCUT2D eigenvalue weighted by molar-refractivity contribution is 7.88. The number of halogens is 1. The molecule has 0 saturated heterocycles. The summed E-state index contributed by atoms with van der Waals surface area (Å²) in [7, 11) is -1.65. The van der Waals surface area contributed by atoms with Gasteiger partial charge in [0.2, 0.25) is 10.0 Å². The molecule has 0 saturated carbocycles. The molecule has 3 nitrogen and oxygen atoms in total. The number of hydrogen-bond donors (Lipinski definition) is 0. The van der Waals surface area contributed by atoms with Crippen molar-refractivity contribution < 1.29 is 8.42 Å². The van der Waals surface area contributed by atoms with Crippen molar-refractivity contribution in [3.05, 3.63) is 34.9 Å². The smallest absolute Gasteiger partial charge is 0.211 e. The van der Waals surface area contributed by atoms with Crippen LogP contribution in [-0.2, 0) is 10.0 Å². The van der Waals surface area contributed by atoms with E-state index in [1.807, 2.05) is 32.0 Å². The molecule has 17 heavy (non-hydrogen) atoms. The van der Waals surface area contributed by atoms with Crippen LogP contribution in [0.5, 0.6) is 0 Å². The quantitative estimate of drug-likeness (QED) is 0.847. The van der Waals surface area contributed by atoms with Crippen LogP contribution in [0.1, 0.15) is 25.5 Å².